The number of esters is 2. The van der Waals surface area contributed by atoms with Crippen LogP contribution in [-0.4, -0.2) is 62.8 Å². The van der Waals surface area contributed by atoms with Crippen molar-refractivity contribution in [2.45, 2.75) is 38.9 Å². The Balaban J connectivity index is 1.64. The van der Waals surface area contributed by atoms with Gasteiger partial charge < -0.3 is 38.6 Å². The summed E-state index contributed by atoms with van der Waals surface area (Å²) >= 11 is 0. The van der Waals surface area contributed by atoms with Crippen LogP contribution in [0.4, 0.5) is 0 Å². The first-order valence-corrected chi connectivity index (χ1v) is 17.7. The van der Waals surface area contributed by atoms with Gasteiger partial charge in [0.25, 0.3) is 0 Å². The molecule has 0 fully saturated rings. The predicted octanol–water partition coefficient (Wildman–Crippen LogP) is 6.92. The van der Waals surface area contributed by atoms with Crippen molar-refractivity contribution in [3.8, 4) is 34.5 Å². The standard InChI is InChI=1S/C44H38O12/c1-21(55-43(49)23-13-9-7-10-14-23)17-25-31-32-26(18-22(2)56-44(50)24-15-11-8-12-16-24)42(54-6)40(48)34-28(46)20-30(52-4)36(38(32)34)35-29(51-3)19-27(45)33(37(31)35)39(47)41(25)53-5/h7-16,19-22,47-48H,17-18H2,1-6H3/t21-,22-/m0/s1. The molecule has 0 saturated carbocycles. The number of fused-ring (bicyclic) bond motifs is 2. The first kappa shape index (κ1) is 37.5. The monoisotopic (exact) mass is 758 g/mol. The minimum atomic E-state index is -0.837. The molecule has 0 aliphatic heterocycles. The molecule has 7 rings (SSSR count). The van der Waals surface area contributed by atoms with Crippen LogP contribution in [0.2, 0.25) is 0 Å². The molecule has 7 aromatic rings. The maximum absolute atomic E-state index is 14.0. The minimum Gasteiger partial charge on any atom is -0.504 e. The van der Waals surface area contributed by atoms with E-state index in [1.165, 1.54) is 40.6 Å². The number of carbonyl (C=O) groups excluding carboxylic acids is 2. The van der Waals surface area contributed by atoms with Crippen LogP contribution in [0, 0.1) is 0 Å². The van der Waals surface area contributed by atoms with Gasteiger partial charge in [-0.2, -0.15) is 0 Å². The van der Waals surface area contributed by atoms with Gasteiger partial charge in [0.1, 0.15) is 23.7 Å². The summed E-state index contributed by atoms with van der Waals surface area (Å²) in [4.78, 5) is 54.5. The van der Waals surface area contributed by atoms with Crippen LogP contribution < -0.4 is 29.8 Å². The second-order valence-corrected chi connectivity index (χ2v) is 13.4. The Hall–Kier alpha value is -6.82. The normalized spacial score (nSPS) is 12.5. The van der Waals surface area contributed by atoms with E-state index in [-0.39, 0.29) is 57.4 Å². The summed E-state index contributed by atoms with van der Waals surface area (Å²) in [5, 5.41) is 25.3. The lowest BCUT2D eigenvalue weighted by atomic mass is 9.81. The Morgan fingerprint density at radius 3 is 1.20 bits per heavy atom. The molecule has 56 heavy (non-hydrogen) atoms. The molecule has 7 aromatic carbocycles. The summed E-state index contributed by atoms with van der Waals surface area (Å²) in [5.74, 6) is -2.05. The summed E-state index contributed by atoms with van der Waals surface area (Å²) in [6, 6.07) is 19.3. The lowest BCUT2D eigenvalue weighted by Crippen LogP contribution is -2.20. The summed E-state index contributed by atoms with van der Waals surface area (Å²) in [5.41, 5.74) is 0.0862. The average molecular weight is 759 g/mol. The molecule has 12 heteroatoms. The van der Waals surface area contributed by atoms with Crippen molar-refractivity contribution in [1.82, 2.24) is 0 Å². The lowest BCUT2D eigenvalue weighted by molar-refractivity contribution is 0.0331. The molecule has 2 N–H and O–H groups in total. The van der Waals surface area contributed by atoms with Gasteiger partial charge in [0.2, 0.25) is 0 Å². The van der Waals surface area contributed by atoms with Gasteiger partial charge in [-0.1, -0.05) is 36.4 Å². The van der Waals surface area contributed by atoms with E-state index in [1.54, 1.807) is 74.5 Å². The third kappa shape index (κ3) is 6.03. The van der Waals surface area contributed by atoms with E-state index in [2.05, 4.69) is 0 Å². The largest absolute Gasteiger partial charge is 0.504 e. The summed E-state index contributed by atoms with van der Waals surface area (Å²) < 4.78 is 35.1. The van der Waals surface area contributed by atoms with E-state index in [0.717, 1.165) is 0 Å². The van der Waals surface area contributed by atoms with Crippen molar-refractivity contribution in [2.24, 2.45) is 0 Å². The average Bonchev–Trinajstić information content (AvgIpc) is 3.19. The topological polar surface area (TPSA) is 164 Å². The van der Waals surface area contributed by atoms with Gasteiger partial charge in [-0.15, -0.1) is 0 Å². The fraction of sp³-hybridized carbons (Fsp3) is 0.227. The number of methoxy groups -OCH3 is 4. The summed E-state index contributed by atoms with van der Waals surface area (Å²) in [6.45, 7) is 3.35. The quantitative estimate of drug-likeness (QED) is 0.0753. The summed E-state index contributed by atoms with van der Waals surface area (Å²) in [7, 11) is 5.43. The molecule has 0 bridgehead atoms. The minimum absolute atomic E-state index is 0.0579. The number of aromatic hydroxyl groups is 2. The molecule has 0 saturated heterocycles. The van der Waals surface area contributed by atoms with Gasteiger partial charge in [-0.3, -0.25) is 9.59 Å². The van der Waals surface area contributed by atoms with Crippen molar-refractivity contribution in [1.29, 1.82) is 0 Å². The van der Waals surface area contributed by atoms with Crippen molar-refractivity contribution in [2.75, 3.05) is 28.4 Å². The van der Waals surface area contributed by atoms with E-state index in [1.807, 2.05) is 0 Å². The molecule has 0 amide bonds. The lowest BCUT2D eigenvalue weighted by Gasteiger charge is -2.26. The second-order valence-electron chi connectivity index (χ2n) is 13.4. The van der Waals surface area contributed by atoms with E-state index >= 15 is 0 Å². The fourth-order valence-corrected chi connectivity index (χ4v) is 7.79. The predicted molar refractivity (Wildman–Crippen MR) is 211 cm³/mol. The highest BCUT2D eigenvalue weighted by Gasteiger charge is 2.34. The zero-order valence-electron chi connectivity index (χ0n) is 31.5. The van der Waals surface area contributed by atoms with Crippen molar-refractivity contribution in [3.05, 3.63) is 115 Å². The first-order chi connectivity index (χ1) is 26.9. The second kappa shape index (κ2) is 14.8. The molecule has 0 unspecified atom stereocenters. The van der Waals surface area contributed by atoms with Crippen LogP contribution in [0.25, 0.3) is 43.1 Å². The number of ether oxygens (including phenoxy) is 6. The smallest absolute Gasteiger partial charge is 0.338 e. The Kier molecular flexibility index (Phi) is 9.90. The first-order valence-electron chi connectivity index (χ1n) is 17.7. The van der Waals surface area contributed by atoms with Crippen LogP contribution >= 0.6 is 0 Å². The maximum Gasteiger partial charge on any atom is 0.338 e. The van der Waals surface area contributed by atoms with Gasteiger partial charge in [0.05, 0.1) is 50.3 Å². The third-order valence-electron chi connectivity index (χ3n) is 10.0. The Morgan fingerprint density at radius 1 is 0.518 bits per heavy atom. The number of hydrogen-bond acceptors (Lipinski definition) is 12. The molecule has 0 aliphatic carbocycles. The Morgan fingerprint density at radius 2 is 0.875 bits per heavy atom. The van der Waals surface area contributed by atoms with E-state index < -0.39 is 46.5 Å². The van der Waals surface area contributed by atoms with Gasteiger partial charge in [0, 0.05) is 57.6 Å². The van der Waals surface area contributed by atoms with Crippen molar-refractivity contribution >= 4 is 55.0 Å². The highest BCUT2D eigenvalue weighted by molar-refractivity contribution is 6.38. The maximum atomic E-state index is 14.0. The number of phenolic OH excluding ortho intramolecular Hbond substituents is 2. The molecular weight excluding hydrogens is 720 g/mol. The number of rotatable bonds is 12. The zero-order chi connectivity index (χ0) is 40.0. The molecule has 286 valence electrons. The van der Waals surface area contributed by atoms with Gasteiger partial charge in [0.15, 0.2) is 33.9 Å². The number of carbonyl (C=O) groups is 2. The van der Waals surface area contributed by atoms with Gasteiger partial charge in [-0.25, -0.2) is 9.59 Å². The molecule has 2 atom stereocenters. The molecule has 0 heterocycles. The zero-order valence-corrected chi connectivity index (χ0v) is 31.5. The van der Waals surface area contributed by atoms with E-state index in [0.29, 0.717) is 43.8 Å². The fourth-order valence-electron chi connectivity index (χ4n) is 7.79. The number of hydrogen-bond donors (Lipinski definition) is 2. The van der Waals surface area contributed by atoms with Gasteiger partial charge >= 0.3 is 11.9 Å². The van der Waals surface area contributed by atoms with Crippen LogP contribution in [0.15, 0.2) is 82.4 Å². The molecule has 0 aromatic heterocycles. The summed E-state index contributed by atoms with van der Waals surface area (Å²) in [6.07, 6.45) is -1.79. The third-order valence-corrected chi connectivity index (χ3v) is 10.0. The van der Waals surface area contributed by atoms with Gasteiger partial charge in [-0.05, 0) is 48.9 Å². The van der Waals surface area contributed by atoms with E-state index in [4.69, 9.17) is 28.4 Å². The molecule has 0 radical (unpaired) electrons. The van der Waals surface area contributed by atoms with Crippen LogP contribution in [-0.2, 0) is 22.3 Å². The van der Waals surface area contributed by atoms with E-state index in [9.17, 15) is 29.4 Å². The highest BCUT2D eigenvalue weighted by atomic mass is 16.5. The highest BCUT2D eigenvalue weighted by Crippen LogP contribution is 2.55. The Bertz CT molecular complexity index is 2570. The van der Waals surface area contributed by atoms with Crippen LogP contribution in [0.1, 0.15) is 45.7 Å². The van der Waals surface area contributed by atoms with Crippen molar-refractivity contribution in [3.63, 3.8) is 0 Å². The number of benzene rings is 7. The van der Waals surface area contributed by atoms with Crippen molar-refractivity contribution < 1.29 is 48.2 Å². The van der Waals surface area contributed by atoms with Crippen LogP contribution in [0.3, 0.4) is 0 Å². The SMILES string of the molecule is COc1c(O)c2c(=O)cc(OC)c3c4c(OC)cc(=O)c5c(O)c(OC)c(C[C@H](C)OC(=O)c6ccccc6)c(c(c1C[C@H](C)OC(=O)c1ccccc1)c23)c54. The molecule has 0 spiro atoms. The molecular formula is C44H38O12. The molecule has 0 aliphatic rings. The Labute approximate surface area is 320 Å². The molecule has 12 nitrogen and oxygen atoms in total. The van der Waals surface area contributed by atoms with Crippen LogP contribution in [0.5, 0.6) is 34.5 Å². The number of phenols is 2.